The van der Waals surface area contributed by atoms with Gasteiger partial charge in [0.25, 0.3) is 0 Å². The zero-order valence-electron chi connectivity index (χ0n) is 27.3. The molecule has 4 aromatic heterocycles. The summed E-state index contributed by atoms with van der Waals surface area (Å²) in [7, 11) is 0. The van der Waals surface area contributed by atoms with Crippen LogP contribution in [0, 0.1) is 13.8 Å². The Morgan fingerprint density at radius 2 is 0.800 bits per heavy atom. The summed E-state index contributed by atoms with van der Waals surface area (Å²) in [6.45, 7) is 4.07. The molecular weight excluding hydrogens is 617 g/mol. The van der Waals surface area contributed by atoms with Crippen LogP contribution in [-0.4, -0.2) is 39.9 Å². The Hall–Kier alpha value is -6.80. The van der Waals surface area contributed by atoms with Gasteiger partial charge < -0.3 is 19.9 Å². The molecule has 50 heavy (non-hydrogen) atoms. The van der Waals surface area contributed by atoms with E-state index in [0.717, 1.165) is 106 Å². The molecule has 10 rings (SSSR count). The maximum atomic E-state index is 4.99. The molecule has 0 amide bonds. The molecule has 8 nitrogen and oxygen atoms in total. The van der Waals surface area contributed by atoms with Gasteiger partial charge in [-0.2, -0.15) is 0 Å². The van der Waals surface area contributed by atoms with Crippen molar-refractivity contribution in [3.63, 3.8) is 0 Å². The smallest absolute Gasteiger partial charge is 0.138 e. The number of nitrogens with zero attached hydrogens (tertiary/aromatic N) is 4. The van der Waals surface area contributed by atoms with Crippen molar-refractivity contribution in [2.45, 2.75) is 13.8 Å². The van der Waals surface area contributed by atoms with E-state index in [9.17, 15) is 0 Å². The molecule has 0 aliphatic heterocycles. The molecule has 0 fully saturated rings. The van der Waals surface area contributed by atoms with Crippen molar-refractivity contribution in [3.05, 3.63) is 133 Å². The van der Waals surface area contributed by atoms with Crippen LogP contribution < -0.4 is 0 Å². The quantitative estimate of drug-likeness (QED) is 0.149. The summed E-state index contributed by atoms with van der Waals surface area (Å²) in [4.78, 5) is 33.2. The Labute approximate surface area is 286 Å². The maximum Gasteiger partial charge on any atom is 0.138 e. The molecule has 0 radical (unpaired) electrons. The molecular formula is C42H30N8. The van der Waals surface area contributed by atoms with Gasteiger partial charge in [-0.15, -0.1) is 0 Å². The monoisotopic (exact) mass is 646 g/mol. The normalized spacial score (nSPS) is 11.8. The number of hydrogen-bond acceptors (Lipinski definition) is 4. The minimum absolute atomic E-state index is 0.812. The number of rotatable bonds is 5. The predicted octanol–water partition coefficient (Wildman–Crippen LogP) is 10.1. The number of H-pyrrole nitrogens is 4. The second kappa shape index (κ2) is 10.9. The van der Waals surface area contributed by atoms with Crippen molar-refractivity contribution in [1.29, 1.82) is 0 Å². The highest BCUT2D eigenvalue weighted by Gasteiger charge is 2.13. The second-order valence-electron chi connectivity index (χ2n) is 13.0. The van der Waals surface area contributed by atoms with Crippen LogP contribution in [0.5, 0.6) is 0 Å². The van der Waals surface area contributed by atoms with Crippen molar-refractivity contribution in [1.82, 2.24) is 39.9 Å². The highest BCUT2D eigenvalue weighted by molar-refractivity contribution is 5.90. The Balaban J connectivity index is 0.941. The average Bonchev–Trinajstić information content (AvgIpc) is 3.94. The highest BCUT2D eigenvalue weighted by Crippen LogP contribution is 2.32. The lowest BCUT2D eigenvalue weighted by atomic mass is 10.0. The summed E-state index contributed by atoms with van der Waals surface area (Å²) in [5, 5.41) is 0. The molecule has 4 N–H and O–H groups in total. The van der Waals surface area contributed by atoms with Crippen LogP contribution in [0.1, 0.15) is 11.4 Å². The fraction of sp³-hybridized carbons (Fsp3) is 0.0476. The summed E-state index contributed by atoms with van der Waals surface area (Å²) in [6, 6.07) is 42.1. The van der Waals surface area contributed by atoms with Gasteiger partial charge >= 0.3 is 0 Å². The molecule has 238 valence electrons. The van der Waals surface area contributed by atoms with E-state index in [1.165, 1.54) is 5.56 Å². The molecule has 0 aliphatic carbocycles. The van der Waals surface area contributed by atoms with E-state index in [1.54, 1.807) is 0 Å². The van der Waals surface area contributed by atoms with E-state index in [1.807, 2.05) is 13.0 Å². The molecule has 0 spiro atoms. The SMILES string of the molecule is Cc1ccc(-c2nc3cc(-c4ccc5nc(-c6cccc(-c7nc8cc(-c9ccc%10nc(C)[nH]c%10c9)ccc8[nH]7)c6)[nH]c5c4)ccc3[nH]2)cc1. The summed E-state index contributed by atoms with van der Waals surface area (Å²) in [5.74, 6) is 3.42. The van der Waals surface area contributed by atoms with E-state index in [0.29, 0.717) is 0 Å². The van der Waals surface area contributed by atoms with Gasteiger partial charge in [0.05, 0.1) is 44.1 Å². The zero-order chi connectivity index (χ0) is 33.3. The van der Waals surface area contributed by atoms with Gasteiger partial charge in [-0.25, -0.2) is 19.9 Å². The first kappa shape index (κ1) is 28.2. The van der Waals surface area contributed by atoms with Crippen LogP contribution in [0.15, 0.2) is 121 Å². The summed E-state index contributed by atoms with van der Waals surface area (Å²) < 4.78 is 0. The maximum absolute atomic E-state index is 4.99. The average molecular weight is 647 g/mol. The van der Waals surface area contributed by atoms with Crippen LogP contribution in [-0.2, 0) is 0 Å². The minimum Gasteiger partial charge on any atom is -0.342 e. The molecule has 8 heteroatoms. The molecule has 10 aromatic rings. The van der Waals surface area contributed by atoms with Gasteiger partial charge in [0.1, 0.15) is 23.3 Å². The molecule has 6 aromatic carbocycles. The van der Waals surface area contributed by atoms with Crippen LogP contribution in [0.2, 0.25) is 0 Å². The Bertz CT molecular complexity index is 2900. The lowest BCUT2D eigenvalue weighted by Crippen LogP contribution is -1.84. The van der Waals surface area contributed by atoms with Crippen molar-refractivity contribution in [3.8, 4) is 56.4 Å². The third-order valence-corrected chi connectivity index (χ3v) is 9.45. The molecule has 4 heterocycles. The standard InChI is InChI=1S/C42H30N8/c1-23-6-8-25(9-7-23)40-45-33-15-11-28(20-37(33)48-40)29-13-17-35-39(22-29)50-42(47-35)31-5-3-4-30(18-31)41-46-34-16-12-27(21-38(34)49-41)26-10-14-32-36(19-26)44-24(2)43-32/h3-22H,1-2H3,(H,43,44)(H,45,48)(H,46,49)(H,47,50). The van der Waals surface area contributed by atoms with Gasteiger partial charge in [0, 0.05) is 16.7 Å². The van der Waals surface area contributed by atoms with Gasteiger partial charge in [0.2, 0.25) is 0 Å². The number of benzene rings is 6. The lowest BCUT2D eigenvalue weighted by molar-refractivity contribution is 1.17. The number of nitrogens with one attached hydrogen (secondary N) is 4. The number of imidazole rings is 4. The summed E-state index contributed by atoms with van der Waals surface area (Å²) >= 11 is 0. The fourth-order valence-electron chi connectivity index (χ4n) is 6.81. The number of aryl methyl sites for hydroxylation is 2. The van der Waals surface area contributed by atoms with Gasteiger partial charge in [-0.3, -0.25) is 0 Å². The molecule has 0 unspecified atom stereocenters. The largest absolute Gasteiger partial charge is 0.342 e. The number of aromatic amines is 4. The van der Waals surface area contributed by atoms with Gasteiger partial charge in [-0.1, -0.05) is 72.3 Å². The van der Waals surface area contributed by atoms with Crippen LogP contribution >= 0.6 is 0 Å². The first-order valence-electron chi connectivity index (χ1n) is 16.6. The summed E-state index contributed by atoms with van der Waals surface area (Å²) in [5.41, 5.74) is 16.5. The molecule has 0 aliphatic rings. The number of hydrogen-bond donors (Lipinski definition) is 4. The van der Waals surface area contributed by atoms with Crippen LogP contribution in [0.4, 0.5) is 0 Å². The third-order valence-electron chi connectivity index (χ3n) is 9.45. The second-order valence-corrected chi connectivity index (χ2v) is 13.0. The van der Waals surface area contributed by atoms with E-state index in [-0.39, 0.29) is 0 Å². The predicted molar refractivity (Wildman–Crippen MR) is 202 cm³/mol. The Kier molecular flexibility index (Phi) is 6.13. The van der Waals surface area contributed by atoms with Crippen LogP contribution in [0.3, 0.4) is 0 Å². The van der Waals surface area contributed by atoms with E-state index >= 15 is 0 Å². The summed E-state index contributed by atoms with van der Waals surface area (Å²) in [6.07, 6.45) is 0. The Morgan fingerprint density at radius 1 is 0.340 bits per heavy atom. The van der Waals surface area contributed by atoms with Gasteiger partial charge in [0.15, 0.2) is 0 Å². The zero-order valence-corrected chi connectivity index (χ0v) is 27.3. The Morgan fingerprint density at radius 3 is 1.42 bits per heavy atom. The number of fused-ring (bicyclic) bond motifs is 4. The van der Waals surface area contributed by atoms with E-state index < -0.39 is 0 Å². The van der Waals surface area contributed by atoms with Gasteiger partial charge in [-0.05, 0) is 90.7 Å². The fourth-order valence-corrected chi connectivity index (χ4v) is 6.81. The van der Waals surface area contributed by atoms with Crippen molar-refractivity contribution in [2.75, 3.05) is 0 Å². The number of aromatic nitrogens is 8. The van der Waals surface area contributed by atoms with E-state index in [4.69, 9.17) is 15.0 Å². The molecule has 0 saturated carbocycles. The molecule has 0 atom stereocenters. The topological polar surface area (TPSA) is 115 Å². The van der Waals surface area contributed by atoms with Crippen molar-refractivity contribution < 1.29 is 0 Å². The first-order valence-corrected chi connectivity index (χ1v) is 16.6. The minimum atomic E-state index is 0.812. The highest BCUT2D eigenvalue weighted by atomic mass is 14.9. The van der Waals surface area contributed by atoms with E-state index in [2.05, 4.69) is 147 Å². The van der Waals surface area contributed by atoms with Crippen molar-refractivity contribution >= 4 is 44.1 Å². The van der Waals surface area contributed by atoms with Crippen molar-refractivity contribution in [2.24, 2.45) is 0 Å². The third kappa shape index (κ3) is 4.85. The van der Waals surface area contributed by atoms with Crippen LogP contribution in [0.25, 0.3) is 101 Å². The molecule has 0 bridgehead atoms. The lowest BCUT2D eigenvalue weighted by Gasteiger charge is -2.01. The molecule has 0 saturated heterocycles. The first-order chi connectivity index (χ1) is 24.5.